The molecule has 0 radical (unpaired) electrons. The SMILES string of the molecule is COC(=N)CCSSCCC(=O)OC. The molecule has 82 valence electrons. The number of hydrogen-bond acceptors (Lipinski definition) is 6. The molecule has 0 heterocycles. The van der Waals surface area contributed by atoms with Gasteiger partial charge in [-0.05, 0) is 0 Å². The molecule has 0 saturated carbocycles. The van der Waals surface area contributed by atoms with Crippen molar-refractivity contribution in [3.63, 3.8) is 0 Å². The van der Waals surface area contributed by atoms with Gasteiger partial charge in [0.1, 0.15) is 0 Å². The summed E-state index contributed by atoms with van der Waals surface area (Å²) in [4.78, 5) is 10.7. The summed E-state index contributed by atoms with van der Waals surface area (Å²) in [5, 5.41) is 7.20. The maximum atomic E-state index is 10.7. The fourth-order valence-corrected chi connectivity index (χ4v) is 2.54. The minimum atomic E-state index is -0.178. The summed E-state index contributed by atoms with van der Waals surface area (Å²) < 4.78 is 9.20. The average molecular weight is 237 g/mol. The van der Waals surface area contributed by atoms with Crippen molar-refractivity contribution in [3.8, 4) is 0 Å². The van der Waals surface area contributed by atoms with Crippen molar-refractivity contribution < 1.29 is 14.3 Å². The standard InChI is InChI=1S/C8H15NO3S2/c1-11-7(9)3-5-13-14-6-4-8(10)12-2/h9H,3-6H2,1-2H3. The van der Waals surface area contributed by atoms with Crippen LogP contribution >= 0.6 is 21.6 Å². The Bertz CT molecular complexity index is 167. The lowest BCUT2D eigenvalue weighted by atomic mass is 10.5. The van der Waals surface area contributed by atoms with Crippen molar-refractivity contribution in [2.24, 2.45) is 0 Å². The molecule has 0 rings (SSSR count). The van der Waals surface area contributed by atoms with Crippen LogP contribution in [0.4, 0.5) is 0 Å². The second-order valence-electron chi connectivity index (χ2n) is 2.35. The second-order valence-corrected chi connectivity index (χ2v) is 5.05. The number of ether oxygens (including phenoxy) is 2. The van der Waals surface area contributed by atoms with E-state index in [-0.39, 0.29) is 5.97 Å². The van der Waals surface area contributed by atoms with E-state index in [4.69, 9.17) is 10.1 Å². The van der Waals surface area contributed by atoms with Crippen molar-refractivity contribution in [2.45, 2.75) is 12.8 Å². The van der Waals surface area contributed by atoms with Crippen LogP contribution in [0.25, 0.3) is 0 Å². The summed E-state index contributed by atoms with van der Waals surface area (Å²) in [5.74, 6) is 1.70. The highest BCUT2D eigenvalue weighted by Crippen LogP contribution is 2.22. The van der Waals surface area contributed by atoms with E-state index in [1.807, 2.05) is 0 Å². The van der Waals surface area contributed by atoms with Gasteiger partial charge in [-0.2, -0.15) is 0 Å². The third-order valence-corrected chi connectivity index (χ3v) is 3.77. The zero-order chi connectivity index (χ0) is 10.8. The molecule has 0 spiro atoms. The van der Waals surface area contributed by atoms with Gasteiger partial charge in [0.05, 0.1) is 20.6 Å². The van der Waals surface area contributed by atoms with Crippen molar-refractivity contribution in [3.05, 3.63) is 0 Å². The predicted octanol–water partition coefficient (Wildman–Crippen LogP) is 1.94. The molecule has 6 heteroatoms. The quantitative estimate of drug-likeness (QED) is 0.241. The van der Waals surface area contributed by atoms with E-state index in [0.29, 0.717) is 18.7 Å². The van der Waals surface area contributed by atoms with E-state index < -0.39 is 0 Å². The Morgan fingerprint density at radius 1 is 1.14 bits per heavy atom. The van der Waals surface area contributed by atoms with Crippen LogP contribution in [-0.4, -0.2) is 37.6 Å². The van der Waals surface area contributed by atoms with E-state index in [1.54, 1.807) is 21.6 Å². The number of carbonyl (C=O) groups is 1. The number of hydrogen-bond donors (Lipinski definition) is 1. The number of esters is 1. The van der Waals surface area contributed by atoms with Gasteiger partial charge in [0.2, 0.25) is 0 Å². The monoisotopic (exact) mass is 237 g/mol. The smallest absolute Gasteiger partial charge is 0.306 e. The van der Waals surface area contributed by atoms with Crippen LogP contribution in [0.3, 0.4) is 0 Å². The fraction of sp³-hybridized carbons (Fsp3) is 0.750. The van der Waals surface area contributed by atoms with Crippen LogP contribution in [0.15, 0.2) is 0 Å². The van der Waals surface area contributed by atoms with Gasteiger partial charge in [-0.3, -0.25) is 10.2 Å². The molecule has 0 aliphatic carbocycles. The molecule has 0 aromatic heterocycles. The average Bonchev–Trinajstić information content (AvgIpc) is 2.22. The van der Waals surface area contributed by atoms with Crippen LogP contribution in [-0.2, 0) is 14.3 Å². The summed E-state index contributed by atoms with van der Waals surface area (Å²) in [5.41, 5.74) is 0. The van der Waals surface area contributed by atoms with Crippen molar-refractivity contribution in [1.29, 1.82) is 5.41 Å². The van der Waals surface area contributed by atoms with Crippen LogP contribution in [0, 0.1) is 5.41 Å². The van der Waals surface area contributed by atoms with Gasteiger partial charge in [0, 0.05) is 17.9 Å². The molecule has 0 atom stereocenters. The van der Waals surface area contributed by atoms with Gasteiger partial charge in [0.15, 0.2) is 5.90 Å². The first-order valence-corrected chi connectivity index (χ1v) is 6.62. The molecule has 0 aromatic rings. The Morgan fingerprint density at radius 2 is 1.71 bits per heavy atom. The first-order chi connectivity index (χ1) is 6.70. The number of nitrogens with one attached hydrogen (secondary N) is 1. The Kier molecular flexibility index (Phi) is 8.97. The van der Waals surface area contributed by atoms with E-state index in [9.17, 15) is 4.79 Å². The molecule has 0 fully saturated rings. The molecule has 0 unspecified atom stereocenters. The molecule has 0 amide bonds. The minimum absolute atomic E-state index is 0.178. The largest absolute Gasteiger partial charge is 0.484 e. The maximum Gasteiger partial charge on any atom is 0.306 e. The molecule has 0 saturated heterocycles. The van der Waals surface area contributed by atoms with Gasteiger partial charge in [0.25, 0.3) is 0 Å². The molecule has 0 aliphatic heterocycles. The minimum Gasteiger partial charge on any atom is -0.484 e. The van der Waals surface area contributed by atoms with Gasteiger partial charge in [-0.1, -0.05) is 21.6 Å². The van der Waals surface area contributed by atoms with Crippen LogP contribution in [0.1, 0.15) is 12.8 Å². The molecule has 0 aromatic carbocycles. The summed E-state index contributed by atoms with van der Waals surface area (Å²) >= 11 is 0. The van der Waals surface area contributed by atoms with Crippen molar-refractivity contribution in [1.82, 2.24) is 0 Å². The lowest BCUT2D eigenvalue weighted by Gasteiger charge is -2.01. The lowest BCUT2D eigenvalue weighted by Crippen LogP contribution is -2.01. The topological polar surface area (TPSA) is 59.4 Å². The summed E-state index contributed by atoms with van der Waals surface area (Å²) in [6, 6.07) is 0. The Morgan fingerprint density at radius 3 is 2.21 bits per heavy atom. The first-order valence-electron chi connectivity index (χ1n) is 4.13. The molecule has 4 nitrogen and oxygen atoms in total. The molecular weight excluding hydrogens is 222 g/mol. The van der Waals surface area contributed by atoms with Gasteiger partial charge >= 0.3 is 5.97 Å². The number of carbonyl (C=O) groups excluding carboxylic acids is 1. The molecule has 0 aliphatic rings. The predicted molar refractivity (Wildman–Crippen MR) is 60.9 cm³/mol. The van der Waals surface area contributed by atoms with E-state index >= 15 is 0 Å². The third-order valence-electron chi connectivity index (χ3n) is 1.36. The highest BCUT2D eigenvalue weighted by atomic mass is 33.1. The Hall–Kier alpha value is -0.360. The lowest BCUT2D eigenvalue weighted by molar-refractivity contribution is -0.140. The number of methoxy groups -OCH3 is 2. The van der Waals surface area contributed by atoms with Crippen LogP contribution < -0.4 is 0 Å². The van der Waals surface area contributed by atoms with Crippen LogP contribution in [0.2, 0.25) is 0 Å². The number of rotatable bonds is 7. The zero-order valence-corrected chi connectivity index (χ0v) is 10.0. The van der Waals surface area contributed by atoms with Gasteiger partial charge < -0.3 is 9.47 Å². The summed E-state index contributed by atoms with van der Waals surface area (Å²) in [6.45, 7) is 0. The fourth-order valence-electron chi connectivity index (χ4n) is 0.581. The Labute approximate surface area is 92.0 Å². The van der Waals surface area contributed by atoms with E-state index in [2.05, 4.69) is 4.74 Å². The maximum absolute atomic E-state index is 10.7. The molecular formula is C8H15NO3S2. The highest BCUT2D eigenvalue weighted by molar-refractivity contribution is 8.76. The highest BCUT2D eigenvalue weighted by Gasteiger charge is 2.00. The van der Waals surface area contributed by atoms with E-state index in [1.165, 1.54) is 14.2 Å². The van der Waals surface area contributed by atoms with Gasteiger partial charge in [-0.15, -0.1) is 0 Å². The van der Waals surface area contributed by atoms with Gasteiger partial charge in [-0.25, -0.2) is 0 Å². The van der Waals surface area contributed by atoms with E-state index in [0.717, 1.165) is 11.5 Å². The Balaban J connectivity index is 3.14. The molecule has 1 N–H and O–H groups in total. The normalized spacial score (nSPS) is 9.57. The zero-order valence-electron chi connectivity index (χ0n) is 8.37. The molecule has 14 heavy (non-hydrogen) atoms. The van der Waals surface area contributed by atoms with Crippen molar-refractivity contribution in [2.75, 3.05) is 25.7 Å². The molecule has 0 bridgehead atoms. The second kappa shape index (κ2) is 9.21. The first kappa shape index (κ1) is 13.6. The third kappa shape index (κ3) is 8.25. The summed E-state index contributed by atoms with van der Waals surface area (Å²) in [7, 11) is 6.14. The summed E-state index contributed by atoms with van der Waals surface area (Å²) in [6.07, 6.45) is 1.07. The van der Waals surface area contributed by atoms with Crippen LogP contribution in [0.5, 0.6) is 0 Å². The van der Waals surface area contributed by atoms with Crippen molar-refractivity contribution >= 4 is 33.5 Å².